The molecule has 0 fully saturated rings. The molecule has 5 rings (SSSR count). The molecule has 0 aliphatic rings. The second kappa shape index (κ2) is 10.9. The zero-order chi connectivity index (χ0) is 26.7. The minimum atomic E-state index is -3.81. The molecule has 1 amide bonds. The number of carbonyl (C=O) groups excluding carboxylic acids is 1. The zero-order valence-electron chi connectivity index (χ0n) is 20.4. The first-order chi connectivity index (χ1) is 18.4. The third kappa shape index (κ3) is 5.26. The Labute approximate surface area is 230 Å². The van der Waals surface area contributed by atoms with Gasteiger partial charge in [0, 0.05) is 29.5 Å². The van der Waals surface area contributed by atoms with E-state index in [-0.39, 0.29) is 23.9 Å². The van der Waals surface area contributed by atoms with Gasteiger partial charge in [0.25, 0.3) is 15.9 Å². The number of benzene rings is 3. The summed E-state index contributed by atoms with van der Waals surface area (Å²) in [7, 11) is -3.81. The fraction of sp³-hybridized carbons (Fsp3) is 0.107. The Morgan fingerprint density at radius 1 is 0.974 bits per heavy atom. The maximum Gasteiger partial charge on any atom is 0.264 e. The Kier molecular flexibility index (Phi) is 7.42. The molecule has 0 atom stereocenters. The molecule has 0 unspecified atom stereocenters. The van der Waals surface area contributed by atoms with Crippen LogP contribution in [0.1, 0.15) is 22.8 Å². The van der Waals surface area contributed by atoms with Crippen molar-refractivity contribution in [2.24, 2.45) is 0 Å². The van der Waals surface area contributed by atoms with Crippen LogP contribution in [0.5, 0.6) is 0 Å². The van der Waals surface area contributed by atoms with E-state index in [1.807, 2.05) is 30.3 Å². The second-order valence-corrected chi connectivity index (χ2v) is 11.7. The van der Waals surface area contributed by atoms with Crippen LogP contribution in [0.2, 0.25) is 5.02 Å². The van der Waals surface area contributed by atoms with Crippen LogP contribution in [0, 0.1) is 0 Å². The largest absolute Gasteiger partial charge is 0.279 e. The molecule has 10 heteroatoms. The topological polar surface area (TPSA) is 83.5 Å². The highest BCUT2D eigenvalue weighted by Gasteiger charge is 2.26. The van der Waals surface area contributed by atoms with E-state index in [0.717, 1.165) is 15.8 Å². The summed E-state index contributed by atoms with van der Waals surface area (Å²) in [5, 5.41) is 1.10. The van der Waals surface area contributed by atoms with Gasteiger partial charge in [-0.1, -0.05) is 47.2 Å². The number of nitrogens with zero attached hydrogens (tertiary/aromatic N) is 4. The average molecular weight is 563 g/mol. The van der Waals surface area contributed by atoms with Crippen molar-refractivity contribution in [3.05, 3.63) is 113 Å². The average Bonchev–Trinajstić information content (AvgIpc) is 3.36. The van der Waals surface area contributed by atoms with Gasteiger partial charge in [0.2, 0.25) is 0 Å². The molecule has 0 aliphatic heterocycles. The van der Waals surface area contributed by atoms with Gasteiger partial charge in [-0.25, -0.2) is 13.4 Å². The quantitative estimate of drug-likeness (QED) is 0.218. The number of pyridine rings is 1. The lowest BCUT2D eigenvalue weighted by atomic mass is 10.2. The fourth-order valence-corrected chi connectivity index (χ4v) is 6.75. The van der Waals surface area contributed by atoms with E-state index in [1.165, 1.54) is 39.9 Å². The van der Waals surface area contributed by atoms with Crippen molar-refractivity contribution in [3.8, 4) is 0 Å². The van der Waals surface area contributed by atoms with Gasteiger partial charge >= 0.3 is 0 Å². The molecule has 5 aromatic rings. The molecule has 0 N–H and O–H groups in total. The summed E-state index contributed by atoms with van der Waals surface area (Å²) in [4.78, 5) is 24.3. The number of fused-ring (bicyclic) bond motifs is 1. The Bertz CT molecular complexity index is 1680. The predicted octanol–water partition coefficient (Wildman–Crippen LogP) is 6.41. The Morgan fingerprint density at radius 3 is 2.42 bits per heavy atom. The van der Waals surface area contributed by atoms with E-state index in [1.54, 1.807) is 54.5 Å². The third-order valence-electron chi connectivity index (χ3n) is 5.90. The van der Waals surface area contributed by atoms with E-state index >= 15 is 0 Å². The number of aromatic nitrogens is 2. The van der Waals surface area contributed by atoms with E-state index in [9.17, 15) is 13.2 Å². The number of rotatable bonds is 8. The van der Waals surface area contributed by atoms with Crippen molar-refractivity contribution < 1.29 is 13.2 Å². The molecule has 0 saturated heterocycles. The van der Waals surface area contributed by atoms with Crippen molar-refractivity contribution in [2.75, 3.05) is 15.7 Å². The smallest absolute Gasteiger partial charge is 0.264 e. The van der Waals surface area contributed by atoms with Gasteiger partial charge in [0.15, 0.2) is 5.13 Å². The summed E-state index contributed by atoms with van der Waals surface area (Å²) >= 11 is 7.52. The first-order valence-corrected chi connectivity index (χ1v) is 14.4. The number of thiazole rings is 1. The Hall–Kier alpha value is -3.79. The summed E-state index contributed by atoms with van der Waals surface area (Å²) in [5.41, 5.74) is 2.49. The molecule has 0 bridgehead atoms. The number of anilines is 2. The molecule has 0 saturated carbocycles. The number of carbonyl (C=O) groups is 1. The van der Waals surface area contributed by atoms with Crippen LogP contribution in [0.3, 0.4) is 0 Å². The van der Waals surface area contributed by atoms with Crippen LogP contribution in [0.4, 0.5) is 10.8 Å². The molecular formula is C28H23ClN4O3S2. The normalized spacial score (nSPS) is 11.4. The molecule has 0 aliphatic carbocycles. The second-order valence-electron chi connectivity index (χ2n) is 8.39. The lowest BCUT2D eigenvalue weighted by Gasteiger charge is -2.23. The highest BCUT2D eigenvalue weighted by molar-refractivity contribution is 7.92. The van der Waals surface area contributed by atoms with Gasteiger partial charge in [-0.05, 0) is 73.2 Å². The van der Waals surface area contributed by atoms with Gasteiger partial charge in [0.1, 0.15) is 0 Å². The van der Waals surface area contributed by atoms with Crippen molar-refractivity contribution in [3.63, 3.8) is 0 Å². The molecule has 192 valence electrons. The van der Waals surface area contributed by atoms with Gasteiger partial charge in [-0.3, -0.25) is 19.0 Å². The number of sulfonamides is 1. The van der Waals surface area contributed by atoms with E-state index in [4.69, 9.17) is 11.6 Å². The summed E-state index contributed by atoms with van der Waals surface area (Å²) < 4.78 is 28.9. The van der Waals surface area contributed by atoms with Gasteiger partial charge in [0.05, 0.1) is 27.3 Å². The SMILES string of the molecule is CCN(c1ccccc1)S(=O)(=O)c1ccc(C(=O)N(Cc2cccnc2)c2nc3ccc(Cl)cc3s2)cc1. The highest BCUT2D eigenvalue weighted by atomic mass is 35.5. The third-order valence-corrected chi connectivity index (χ3v) is 9.09. The van der Waals surface area contributed by atoms with Gasteiger partial charge in [-0.15, -0.1) is 0 Å². The minimum absolute atomic E-state index is 0.105. The number of amides is 1. The summed E-state index contributed by atoms with van der Waals surface area (Å²) in [6.07, 6.45) is 3.37. The van der Waals surface area contributed by atoms with Gasteiger partial charge < -0.3 is 0 Å². The zero-order valence-corrected chi connectivity index (χ0v) is 22.7. The highest BCUT2D eigenvalue weighted by Crippen LogP contribution is 2.33. The number of hydrogen-bond donors (Lipinski definition) is 0. The van der Waals surface area contributed by atoms with Crippen LogP contribution in [-0.2, 0) is 16.6 Å². The van der Waals surface area contributed by atoms with Crippen molar-refractivity contribution >= 4 is 59.9 Å². The van der Waals surface area contributed by atoms with Crippen molar-refractivity contribution in [1.29, 1.82) is 0 Å². The van der Waals surface area contributed by atoms with E-state index < -0.39 is 10.0 Å². The first kappa shape index (κ1) is 25.8. The first-order valence-electron chi connectivity index (χ1n) is 11.8. The standard InChI is InChI=1S/C28H23ClN4O3S2/c1-2-33(23-8-4-3-5-9-23)38(35,36)24-13-10-21(11-14-24)27(34)32(19-20-7-6-16-30-18-20)28-31-25-15-12-22(29)17-26(25)37-28/h3-18H,2,19H2,1H3. The minimum Gasteiger partial charge on any atom is -0.279 e. The number of hydrogen-bond acceptors (Lipinski definition) is 6. The molecule has 0 radical (unpaired) electrons. The Morgan fingerprint density at radius 2 is 1.74 bits per heavy atom. The fourth-order valence-electron chi connectivity index (χ4n) is 4.04. The number of para-hydroxylation sites is 1. The monoisotopic (exact) mass is 562 g/mol. The van der Waals surface area contributed by atoms with Crippen LogP contribution in [0.25, 0.3) is 10.2 Å². The van der Waals surface area contributed by atoms with Crippen LogP contribution >= 0.6 is 22.9 Å². The summed E-state index contributed by atoms with van der Waals surface area (Å²) in [5.74, 6) is -0.307. The van der Waals surface area contributed by atoms with Gasteiger partial charge in [-0.2, -0.15) is 0 Å². The van der Waals surface area contributed by atoms with Crippen molar-refractivity contribution in [1.82, 2.24) is 9.97 Å². The summed E-state index contributed by atoms with van der Waals surface area (Å²) in [6.45, 7) is 2.30. The molecule has 7 nitrogen and oxygen atoms in total. The summed E-state index contributed by atoms with van der Waals surface area (Å²) in [6, 6.07) is 24.0. The molecule has 2 aromatic heterocycles. The van der Waals surface area contributed by atoms with Crippen LogP contribution < -0.4 is 9.21 Å². The number of halogens is 1. The molecule has 38 heavy (non-hydrogen) atoms. The molecule has 0 spiro atoms. The van der Waals surface area contributed by atoms with E-state index in [2.05, 4.69) is 9.97 Å². The lowest BCUT2D eigenvalue weighted by molar-refractivity contribution is 0.0985. The maximum atomic E-state index is 13.8. The molecular weight excluding hydrogens is 540 g/mol. The Balaban J connectivity index is 1.48. The van der Waals surface area contributed by atoms with Crippen LogP contribution in [-0.4, -0.2) is 30.8 Å². The molecule has 2 heterocycles. The lowest BCUT2D eigenvalue weighted by Crippen LogP contribution is -2.31. The molecule has 3 aromatic carbocycles. The predicted molar refractivity (Wildman–Crippen MR) is 152 cm³/mol. The van der Waals surface area contributed by atoms with Crippen LogP contribution in [0.15, 0.2) is 102 Å². The maximum absolute atomic E-state index is 13.8. The van der Waals surface area contributed by atoms with Crippen molar-refractivity contribution in [2.45, 2.75) is 18.4 Å². The van der Waals surface area contributed by atoms with E-state index in [0.29, 0.717) is 21.4 Å².